The van der Waals surface area contributed by atoms with E-state index in [-0.39, 0.29) is 18.1 Å². The highest BCUT2D eigenvalue weighted by molar-refractivity contribution is 5.75. The number of nitrogens with one attached hydrogen (secondary N) is 1. The van der Waals surface area contributed by atoms with E-state index in [1.807, 2.05) is 24.3 Å². The van der Waals surface area contributed by atoms with Crippen LogP contribution in [0.2, 0.25) is 0 Å². The lowest BCUT2D eigenvalue weighted by Gasteiger charge is -2.07. The van der Waals surface area contributed by atoms with Gasteiger partial charge in [0.2, 0.25) is 5.91 Å². The van der Waals surface area contributed by atoms with E-state index < -0.39 is 4.92 Å². The summed E-state index contributed by atoms with van der Waals surface area (Å²) in [5, 5.41) is 17.8. The van der Waals surface area contributed by atoms with Gasteiger partial charge in [-0.25, -0.2) is 0 Å². The highest BCUT2D eigenvalue weighted by Crippen LogP contribution is 2.21. The fourth-order valence-corrected chi connectivity index (χ4v) is 2.44. The van der Waals surface area contributed by atoms with Crippen molar-refractivity contribution in [3.63, 3.8) is 0 Å². The minimum atomic E-state index is -0.476. The fraction of sp³-hybridized carbons (Fsp3) is 0.375. The van der Waals surface area contributed by atoms with Crippen molar-refractivity contribution in [2.45, 2.75) is 26.8 Å². The summed E-state index contributed by atoms with van der Waals surface area (Å²) in [5.41, 5.74) is 1.73. The normalized spacial score (nSPS) is 10.5. The van der Waals surface area contributed by atoms with Gasteiger partial charge in [0, 0.05) is 6.54 Å². The molecule has 0 radical (unpaired) electrons. The molecule has 0 bridgehead atoms. The summed E-state index contributed by atoms with van der Waals surface area (Å²) in [6, 6.07) is 7.61. The largest absolute Gasteiger partial charge is 0.497 e. The van der Waals surface area contributed by atoms with Crippen LogP contribution in [0.1, 0.15) is 17.0 Å². The monoisotopic (exact) mass is 332 g/mol. The van der Waals surface area contributed by atoms with Crippen molar-refractivity contribution in [3.8, 4) is 5.75 Å². The quantitative estimate of drug-likeness (QED) is 0.615. The van der Waals surface area contributed by atoms with Crippen LogP contribution in [0.4, 0.5) is 5.69 Å². The Morgan fingerprint density at radius 2 is 2.00 bits per heavy atom. The summed E-state index contributed by atoms with van der Waals surface area (Å²) in [6.07, 6.45) is 0.687. The first kappa shape index (κ1) is 17.5. The van der Waals surface area contributed by atoms with Crippen molar-refractivity contribution in [1.82, 2.24) is 15.1 Å². The molecule has 8 nitrogen and oxygen atoms in total. The van der Waals surface area contributed by atoms with Gasteiger partial charge in [-0.2, -0.15) is 5.10 Å². The Balaban J connectivity index is 1.87. The van der Waals surface area contributed by atoms with Crippen LogP contribution in [0.25, 0.3) is 0 Å². The van der Waals surface area contributed by atoms with Gasteiger partial charge in [-0.05, 0) is 38.0 Å². The predicted octanol–water partition coefficient (Wildman–Crippen LogP) is 1.78. The molecule has 1 amide bonds. The second kappa shape index (κ2) is 7.58. The third-order valence-electron chi connectivity index (χ3n) is 3.71. The molecule has 0 aliphatic rings. The maximum Gasteiger partial charge on any atom is 0.312 e. The van der Waals surface area contributed by atoms with Crippen molar-refractivity contribution >= 4 is 11.6 Å². The first-order valence-corrected chi connectivity index (χ1v) is 7.50. The maximum absolute atomic E-state index is 12.0. The summed E-state index contributed by atoms with van der Waals surface area (Å²) in [7, 11) is 1.61. The fourth-order valence-electron chi connectivity index (χ4n) is 2.44. The number of nitrogens with zero attached hydrogens (tertiary/aromatic N) is 3. The molecule has 0 unspecified atom stereocenters. The molecule has 0 aliphatic carbocycles. The Hall–Kier alpha value is -2.90. The minimum absolute atomic E-state index is 0.0386. The van der Waals surface area contributed by atoms with Crippen molar-refractivity contribution in [2.75, 3.05) is 13.7 Å². The molecule has 2 aromatic rings. The van der Waals surface area contributed by atoms with Gasteiger partial charge in [0.25, 0.3) is 0 Å². The first-order chi connectivity index (χ1) is 11.4. The standard InChI is InChI=1S/C16H20N4O4/c1-11-16(20(22)23)12(2)19(18-11)10-15(21)17-9-8-13-4-6-14(24-3)7-5-13/h4-7H,8-10H2,1-3H3,(H,17,21). The molecule has 1 N–H and O–H groups in total. The van der Waals surface area contributed by atoms with Crippen molar-refractivity contribution in [3.05, 3.63) is 51.3 Å². The second-order valence-corrected chi connectivity index (χ2v) is 5.38. The zero-order valence-electron chi connectivity index (χ0n) is 13.9. The molecule has 128 valence electrons. The lowest BCUT2D eigenvalue weighted by atomic mass is 10.1. The third-order valence-corrected chi connectivity index (χ3v) is 3.71. The molecule has 1 heterocycles. The Labute approximate surface area is 139 Å². The lowest BCUT2D eigenvalue weighted by Crippen LogP contribution is -2.30. The summed E-state index contributed by atoms with van der Waals surface area (Å²) >= 11 is 0. The van der Waals surface area contributed by atoms with Crippen LogP contribution in [0.5, 0.6) is 5.75 Å². The smallest absolute Gasteiger partial charge is 0.312 e. The third kappa shape index (κ3) is 4.09. The topological polar surface area (TPSA) is 99.3 Å². The lowest BCUT2D eigenvalue weighted by molar-refractivity contribution is -0.386. The molecule has 2 rings (SSSR count). The van der Waals surface area contributed by atoms with E-state index >= 15 is 0 Å². The molecule has 0 saturated carbocycles. The molecule has 1 aromatic carbocycles. The minimum Gasteiger partial charge on any atom is -0.497 e. The van der Waals surface area contributed by atoms with Gasteiger partial charge in [-0.3, -0.25) is 19.6 Å². The van der Waals surface area contributed by atoms with Crippen LogP contribution in [0, 0.1) is 24.0 Å². The van der Waals surface area contributed by atoms with Crippen LogP contribution >= 0.6 is 0 Å². The van der Waals surface area contributed by atoms with E-state index in [4.69, 9.17) is 4.74 Å². The molecule has 24 heavy (non-hydrogen) atoms. The molecule has 0 saturated heterocycles. The summed E-state index contributed by atoms with van der Waals surface area (Å²) in [5.74, 6) is 0.554. The number of nitro groups is 1. The molecule has 1 aromatic heterocycles. The first-order valence-electron chi connectivity index (χ1n) is 7.50. The second-order valence-electron chi connectivity index (χ2n) is 5.38. The summed E-state index contributed by atoms with van der Waals surface area (Å²) in [6.45, 7) is 3.58. The van der Waals surface area contributed by atoms with Crippen molar-refractivity contribution in [1.29, 1.82) is 0 Å². The van der Waals surface area contributed by atoms with Gasteiger partial charge in [0.05, 0.1) is 12.0 Å². The summed E-state index contributed by atoms with van der Waals surface area (Å²) in [4.78, 5) is 22.5. The van der Waals surface area contributed by atoms with Gasteiger partial charge >= 0.3 is 5.69 Å². The number of carbonyl (C=O) groups excluding carboxylic acids is 1. The molecule has 0 fully saturated rings. The number of hydrogen-bond donors (Lipinski definition) is 1. The molecule has 0 atom stereocenters. The summed E-state index contributed by atoms with van der Waals surface area (Å²) < 4.78 is 6.45. The number of rotatable bonds is 7. The van der Waals surface area contributed by atoms with E-state index in [9.17, 15) is 14.9 Å². The number of carbonyl (C=O) groups is 1. The Bertz CT molecular complexity index is 737. The number of hydrogen-bond acceptors (Lipinski definition) is 5. The number of benzene rings is 1. The van der Waals surface area contributed by atoms with Gasteiger partial charge in [0.15, 0.2) is 0 Å². The average molecular weight is 332 g/mol. The predicted molar refractivity (Wildman–Crippen MR) is 88.1 cm³/mol. The Kier molecular flexibility index (Phi) is 5.51. The van der Waals surface area contributed by atoms with Crippen molar-refractivity contribution < 1.29 is 14.5 Å². The highest BCUT2D eigenvalue weighted by Gasteiger charge is 2.22. The Morgan fingerprint density at radius 3 is 2.54 bits per heavy atom. The number of amides is 1. The number of ether oxygens (including phenoxy) is 1. The van der Waals surface area contributed by atoms with Crippen LogP contribution in [0.15, 0.2) is 24.3 Å². The molecule has 8 heteroatoms. The number of aromatic nitrogens is 2. The zero-order valence-corrected chi connectivity index (χ0v) is 13.9. The Morgan fingerprint density at radius 1 is 1.33 bits per heavy atom. The molecule has 0 aliphatic heterocycles. The van der Waals surface area contributed by atoms with Crippen LogP contribution in [-0.2, 0) is 17.8 Å². The van der Waals surface area contributed by atoms with Gasteiger partial charge in [-0.15, -0.1) is 0 Å². The van der Waals surface area contributed by atoms with Gasteiger partial charge < -0.3 is 10.1 Å². The molecular formula is C16H20N4O4. The highest BCUT2D eigenvalue weighted by atomic mass is 16.6. The maximum atomic E-state index is 12.0. The van der Waals surface area contributed by atoms with E-state index in [0.717, 1.165) is 11.3 Å². The van der Waals surface area contributed by atoms with E-state index in [1.165, 1.54) is 4.68 Å². The van der Waals surface area contributed by atoms with Gasteiger partial charge in [0.1, 0.15) is 23.7 Å². The van der Waals surface area contributed by atoms with Gasteiger partial charge in [-0.1, -0.05) is 12.1 Å². The van der Waals surface area contributed by atoms with E-state index in [0.29, 0.717) is 24.4 Å². The van der Waals surface area contributed by atoms with E-state index in [2.05, 4.69) is 10.4 Å². The van der Waals surface area contributed by atoms with Crippen LogP contribution in [0.3, 0.4) is 0 Å². The van der Waals surface area contributed by atoms with E-state index in [1.54, 1.807) is 21.0 Å². The number of aryl methyl sites for hydroxylation is 1. The van der Waals surface area contributed by atoms with Crippen LogP contribution in [-0.4, -0.2) is 34.3 Å². The molecular weight excluding hydrogens is 312 g/mol. The van der Waals surface area contributed by atoms with Crippen LogP contribution < -0.4 is 10.1 Å². The SMILES string of the molecule is COc1ccc(CCNC(=O)Cn2nc(C)c([N+](=O)[O-])c2C)cc1. The number of methoxy groups -OCH3 is 1. The zero-order chi connectivity index (χ0) is 17.7. The average Bonchev–Trinajstić information content (AvgIpc) is 2.82. The molecule has 0 spiro atoms. The van der Waals surface area contributed by atoms with Crippen molar-refractivity contribution in [2.24, 2.45) is 0 Å².